The molecule has 1 unspecified atom stereocenters. The maximum Gasteiger partial charge on any atom is 0.225 e. The number of anilines is 1. The van der Waals surface area contributed by atoms with Gasteiger partial charge in [-0.1, -0.05) is 13.0 Å². The molecule has 1 aliphatic heterocycles. The minimum Gasteiger partial charge on any atom is -0.325 e. The van der Waals surface area contributed by atoms with Crippen molar-refractivity contribution in [3.8, 4) is 0 Å². The van der Waals surface area contributed by atoms with E-state index in [0.717, 1.165) is 5.69 Å². The summed E-state index contributed by atoms with van der Waals surface area (Å²) in [6, 6.07) is 6.13. The van der Waals surface area contributed by atoms with Crippen LogP contribution in [-0.2, 0) is 4.79 Å². The van der Waals surface area contributed by atoms with E-state index in [0.29, 0.717) is 11.7 Å². The van der Waals surface area contributed by atoms with Crippen molar-refractivity contribution in [1.29, 1.82) is 0 Å². The number of carbonyl (C=O) groups excluding carboxylic acids is 1. The topological polar surface area (TPSA) is 29.1 Å². The van der Waals surface area contributed by atoms with Gasteiger partial charge in [0, 0.05) is 16.6 Å². The zero-order valence-corrected chi connectivity index (χ0v) is 9.15. The van der Waals surface area contributed by atoms with E-state index in [1.165, 1.54) is 10.5 Å². The summed E-state index contributed by atoms with van der Waals surface area (Å²) in [7, 11) is 0. The highest BCUT2D eigenvalue weighted by Gasteiger charge is 2.18. The molecule has 0 radical (unpaired) electrons. The predicted molar refractivity (Wildman–Crippen MR) is 59.7 cm³/mol. The van der Waals surface area contributed by atoms with Crippen molar-refractivity contribution in [1.82, 2.24) is 0 Å². The molecule has 0 bridgehead atoms. The summed E-state index contributed by atoms with van der Waals surface area (Å²) in [5.41, 5.74) is 2.19. The Balaban J connectivity index is 2.41. The van der Waals surface area contributed by atoms with Crippen LogP contribution in [0, 0.1) is 6.92 Å². The first kappa shape index (κ1) is 9.59. The summed E-state index contributed by atoms with van der Waals surface area (Å²) in [4.78, 5) is 12.6. The van der Waals surface area contributed by atoms with Crippen LogP contribution in [-0.4, -0.2) is 11.2 Å². The van der Waals surface area contributed by atoms with Crippen molar-refractivity contribution >= 4 is 23.4 Å². The first-order valence-corrected chi connectivity index (χ1v) is 5.60. The van der Waals surface area contributed by atoms with E-state index in [-0.39, 0.29) is 5.91 Å². The summed E-state index contributed by atoms with van der Waals surface area (Å²) < 4.78 is 0. The van der Waals surface area contributed by atoms with Gasteiger partial charge in [-0.05, 0) is 24.6 Å². The van der Waals surface area contributed by atoms with Gasteiger partial charge < -0.3 is 5.32 Å². The van der Waals surface area contributed by atoms with Crippen LogP contribution in [0.15, 0.2) is 23.1 Å². The summed E-state index contributed by atoms with van der Waals surface area (Å²) in [6.07, 6.45) is 0.596. The molecule has 1 amide bonds. The van der Waals surface area contributed by atoms with Gasteiger partial charge in [0.25, 0.3) is 0 Å². The molecule has 14 heavy (non-hydrogen) atoms. The maximum atomic E-state index is 11.4. The van der Waals surface area contributed by atoms with Gasteiger partial charge in [0.05, 0.1) is 5.69 Å². The van der Waals surface area contributed by atoms with Crippen molar-refractivity contribution in [2.45, 2.75) is 30.4 Å². The van der Waals surface area contributed by atoms with Crippen LogP contribution in [0.3, 0.4) is 0 Å². The number of thioether (sulfide) groups is 1. The number of rotatable bonds is 0. The minimum atomic E-state index is 0.118. The Kier molecular flexibility index (Phi) is 2.50. The third-order valence-electron chi connectivity index (χ3n) is 2.21. The Morgan fingerprint density at radius 1 is 1.50 bits per heavy atom. The maximum absolute atomic E-state index is 11.4. The summed E-state index contributed by atoms with van der Waals surface area (Å²) >= 11 is 1.77. The van der Waals surface area contributed by atoms with Crippen molar-refractivity contribution in [3.05, 3.63) is 23.8 Å². The second kappa shape index (κ2) is 3.65. The van der Waals surface area contributed by atoms with Gasteiger partial charge in [-0.25, -0.2) is 0 Å². The molecule has 1 aromatic carbocycles. The van der Waals surface area contributed by atoms with E-state index in [2.05, 4.69) is 25.2 Å². The molecule has 0 saturated carbocycles. The van der Waals surface area contributed by atoms with E-state index >= 15 is 0 Å². The normalized spacial score (nSPS) is 21.0. The van der Waals surface area contributed by atoms with Crippen LogP contribution in [0.2, 0.25) is 0 Å². The van der Waals surface area contributed by atoms with Crippen LogP contribution in [0.1, 0.15) is 18.9 Å². The second-order valence-corrected chi connectivity index (χ2v) is 5.16. The predicted octanol–water partition coefficient (Wildman–Crippen LogP) is 2.82. The van der Waals surface area contributed by atoms with Crippen LogP contribution in [0.5, 0.6) is 0 Å². The van der Waals surface area contributed by atoms with Crippen LogP contribution < -0.4 is 5.32 Å². The van der Waals surface area contributed by atoms with Crippen molar-refractivity contribution < 1.29 is 4.79 Å². The summed E-state index contributed by atoms with van der Waals surface area (Å²) in [6.45, 7) is 4.15. The quantitative estimate of drug-likeness (QED) is 0.708. The van der Waals surface area contributed by atoms with Gasteiger partial charge in [-0.3, -0.25) is 4.79 Å². The van der Waals surface area contributed by atoms with Gasteiger partial charge in [0.15, 0.2) is 0 Å². The summed E-state index contributed by atoms with van der Waals surface area (Å²) in [5.74, 6) is 0.118. The highest BCUT2D eigenvalue weighted by Crippen LogP contribution is 2.35. The molecular formula is C11H13NOS. The fraction of sp³-hybridized carbons (Fsp3) is 0.364. The zero-order valence-electron chi connectivity index (χ0n) is 8.33. The molecule has 3 heteroatoms. The monoisotopic (exact) mass is 207 g/mol. The molecule has 1 heterocycles. The molecule has 1 atom stereocenters. The largest absolute Gasteiger partial charge is 0.325 e. The van der Waals surface area contributed by atoms with Gasteiger partial charge in [0.1, 0.15) is 0 Å². The lowest BCUT2D eigenvalue weighted by Gasteiger charge is -2.07. The minimum absolute atomic E-state index is 0.118. The Morgan fingerprint density at radius 2 is 2.29 bits per heavy atom. The Morgan fingerprint density at radius 3 is 3.07 bits per heavy atom. The highest BCUT2D eigenvalue weighted by molar-refractivity contribution is 8.00. The molecule has 1 aliphatic rings. The Labute approximate surface area is 88.1 Å². The molecule has 1 aromatic rings. The number of carbonyl (C=O) groups is 1. The SMILES string of the molecule is Cc1ccc2c(c1)SC(C)CC(=O)N2. The lowest BCUT2D eigenvalue weighted by Crippen LogP contribution is -2.13. The molecule has 0 saturated heterocycles. The van der Waals surface area contributed by atoms with E-state index in [1.54, 1.807) is 11.8 Å². The Hall–Kier alpha value is -0.960. The highest BCUT2D eigenvalue weighted by atomic mass is 32.2. The molecule has 2 nitrogen and oxygen atoms in total. The van der Waals surface area contributed by atoms with E-state index in [4.69, 9.17) is 0 Å². The number of hydrogen-bond donors (Lipinski definition) is 1. The molecule has 1 N–H and O–H groups in total. The van der Waals surface area contributed by atoms with E-state index < -0.39 is 0 Å². The van der Waals surface area contributed by atoms with Crippen LogP contribution in [0.25, 0.3) is 0 Å². The average molecular weight is 207 g/mol. The standard InChI is InChI=1S/C11H13NOS/c1-7-3-4-9-10(5-7)14-8(2)6-11(13)12-9/h3-5,8H,6H2,1-2H3,(H,12,13). The zero-order chi connectivity index (χ0) is 10.1. The lowest BCUT2D eigenvalue weighted by atomic mass is 10.2. The number of aryl methyl sites for hydroxylation is 1. The molecule has 0 aromatic heterocycles. The van der Waals surface area contributed by atoms with Gasteiger partial charge in [0.2, 0.25) is 5.91 Å². The smallest absolute Gasteiger partial charge is 0.225 e. The van der Waals surface area contributed by atoms with Crippen molar-refractivity contribution in [2.75, 3.05) is 5.32 Å². The summed E-state index contributed by atoms with van der Waals surface area (Å²) in [5, 5.41) is 3.28. The number of hydrogen-bond acceptors (Lipinski definition) is 2. The molecule has 0 fully saturated rings. The number of nitrogens with one attached hydrogen (secondary N) is 1. The fourth-order valence-corrected chi connectivity index (χ4v) is 2.72. The van der Waals surface area contributed by atoms with E-state index in [1.807, 2.05) is 12.1 Å². The lowest BCUT2D eigenvalue weighted by molar-refractivity contribution is -0.116. The third kappa shape index (κ3) is 1.93. The molecule has 0 spiro atoms. The molecule has 2 rings (SSSR count). The number of benzene rings is 1. The first-order chi connectivity index (χ1) is 6.65. The van der Waals surface area contributed by atoms with Crippen LogP contribution >= 0.6 is 11.8 Å². The Bertz CT molecular complexity index is 376. The van der Waals surface area contributed by atoms with Gasteiger partial charge in [-0.15, -0.1) is 11.8 Å². The number of fused-ring (bicyclic) bond motifs is 1. The fourth-order valence-electron chi connectivity index (χ4n) is 1.55. The third-order valence-corrected chi connectivity index (χ3v) is 3.37. The van der Waals surface area contributed by atoms with Crippen molar-refractivity contribution in [3.63, 3.8) is 0 Å². The molecular weight excluding hydrogens is 194 g/mol. The van der Waals surface area contributed by atoms with Crippen molar-refractivity contribution in [2.24, 2.45) is 0 Å². The van der Waals surface area contributed by atoms with Gasteiger partial charge in [-0.2, -0.15) is 0 Å². The van der Waals surface area contributed by atoms with Crippen LogP contribution in [0.4, 0.5) is 5.69 Å². The van der Waals surface area contributed by atoms with E-state index in [9.17, 15) is 4.79 Å². The molecule has 0 aliphatic carbocycles. The number of amides is 1. The average Bonchev–Trinajstić information content (AvgIpc) is 2.21. The molecule has 74 valence electrons. The first-order valence-electron chi connectivity index (χ1n) is 4.72. The van der Waals surface area contributed by atoms with Gasteiger partial charge >= 0.3 is 0 Å². The second-order valence-electron chi connectivity index (χ2n) is 3.68.